The van der Waals surface area contributed by atoms with Gasteiger partial charge in [-0.25, -0.2) is 4.79 Å². The first-order valence-electron chi connectivity index (χ1n) is 5.30. The van der Waals surface area contributed by atoms with E-state index in [1.54, 1.807) is 4.90 Å². The maximum atomic E-state index is 11.6. The largest absolute Gasteiger partial charge is 0.326 e. The zero-order valence-corrected chi connectivity index (χ0v) is 9.96. The highest BCUT2D eigenvalue weighted by molar-refractivity contribution is 7.80. The Balaban J connectivity index is 2.39. The van der Waals surface area contributed by atoms with E-state index in [0.29, 0.717) is 5.92 Å². The molecule has 1 aliphatic heterocycles. The summed E-state index contributed by atoms with van der Waals surface area (Å²) in [5.74, 6) is 1.43. The van der Waals surface area contributed by atoms with E-state index in [9.17, 15) is 4.79 Å². The maximum absolute atomic E-state index is 11.6. The Bertz CT molecular complexity index is 199. The molecule has 1 rings (SSSR count). The van der Waals surface area contributed by atoms with Crippen molar-refractivity contribution in [1.29, 1.82) is 0 Å². The average Bonchev–Trinajstić information content (AvgIpc) is 2.49. The molecule has 1 fully saturated rings. The number of urea groups is 1. The molecular formula is C10H20N2OS. The Morgan fingerprint density at radius 2 is 2.21 bits per heavy atom. The van der Waals surface area contributed by atoms with Crippen molar-refractivity contribution in [2.75, 3.05) is 32.4 Å². The number of rotatable bonds is 5. The van der Waals surface area contributed by atoms with Crippen molar-refractivity contribution in [1.82, 2.24) is 9.80 Å². The third-order valence-electron chi connectivity index (χ3n) is 2.74. The Kier molecular flexibility index (Phi) is 4.58. The van der Waals surface area contributed by atoms with Crippen molar-refractivity contribution >= 4 is 18.7 Å². The standard InChI is InChI=1S/C10H20N2OS/c1-3-4-9(8-14)7-12-6-5-11(2)10(12)13/h9,14H,3-8H2,1-2H3. The molecule has 14 heavy (non-hydrogen) atoms. The van der Waals surface area contributed by atoms with Crippen molar-refractivity contribution in [2.24, 2.45) is 5.92 Å². The van der Waals surface area contributed by atoms with Crippen LogP contribution in [-0.2, 0) is 0 Å². The van der Waals surface area contributed by atoms with Crippen LogP contribution in [0.1, 0.15) is 19.8 Å². The van der Waals surface area contributed by atoms with Crippen molar-refractivity contribution in [3.8, 4) is 0 Å². The first-order valence-corrected chi connectivity index (χ1v) is 5.93. The summed E-state index contributed by atoms with van der Waals surface area (Å²) in [6.45, 7) is 4.79. The predicted molar refractivity (Wildman–Crippen MR) is 61.9 cm³/mol. The number of hydrogen-bond donors (Lipinski definition) is 1. The summed E-state index contributed by atoms with van der Waals surface area (Å²) in [5, 5.41) is 0. The summed E-state index contributed by atoms with van der Waals surface area (Å²) < 4.78 is 0. The lowest BCUT2D eigenvalue weighted by atomic mass is 10.1. The summed E-state index contributed by atoms with van der Waals surface area (Å²) in [7, 11) is 1.86. The number of hydrogen-bond acceptors (Lipinski definition) is 2. The molecule has 1 unspecified atom stereocenters. The molecule has 1 saturated heterocycles. The van der Waals surface area contributed by atoms with Gasteiger partial charge < -0.3 is 9.80 Å². The summed E-state index contributed by atoms with van der Waals surface area (Å²) in [5.41, 5.74) is 0. The SMILES string of the molecule is CCCC(CS)CN1CCN(C)C1=O. The summed E-state index contributed by atoms with van der Waals surface area (Å²) >= 11 is 4.32. The van der Waals surface area contributed by atoms with Gasteiger partial charge in [-0.3, -0.25) is 0 Å². The van der Waals surface area contributed by atoms with E-state index < -0.39 is 0 Å². The van der Waals surface area contributed by atoms with E-state index in [4.69, 9.17) is 0 Å². The van der Waals surface area contributed by atoms with Crippen molar-refractivity contribution in [3.05, 3.63) is 0 Å². The molecule has 4 heteroatoms. The Hall–Kier alpha value is -0.380. The predicted octanol–water partition coefficient (Wildman–Crippen LogP) is 1.70. The van der Waals surface area contributed by atoms with Crippen LogP contribution in [0.15, 0.2) is 0 Å². The number of thiol groups is 1. The molecule has 0 spiro atoms. The van der Waals surface area contributed by atoms with E-state index in [2.05, 4.69) is 19.6 Å². The molecule has 1 aliphatic rings. The topological polar surface area (TPSA) is 23.6 Å². The monoisotopic (exact) mass is 216 g/mol. The van der Waals surface area contributed by atoms with Gasteiger partial charge >= 0.3 is 6.03 Å². The highest BCUT2D eigenvalue weighted by atomic mass is 32.1. The van der Waals surface area contributed by atoms with Crippen molar-refractivity contribution in [3.63, 3.8) is 0 Å². The number of carbonyl (C=O) groups is 1. The number of likely N-dealkylation sites (N-methyl/N-ethyl adjacent to an activating group) is 1. The van der Waals surface area contributed by atoms with Gasteiger partial charge in [-0.05, 0) is 18.1 Å². The zero-order valence-electron chi connectivity index (χ0n) is 9.07. The lowest BCUT2D eigenvalue weighted by Crippen LogP contribution is -2.34. The second kappa shape index (κ2) is 5.49. The molecule has 2 amide bonds. The molecule has 0 saturated carbocycles. The average molecular weight is 216 g/mol. The Morgan fingerprint density at radius 3 is 2.64 bits per heavy atom. The molecule has 0 aromatic rings. The minimum absolute atomic E-state index is 0.174. The molecular weight excluding hydrogens is 196 g/mol. The van der Waals surface area contributed by atoms with Crippen molar-refractivity contribution < 1.29 is 4.79 Å². The maximum Gasteiger partial charge on any atom is 0.319 e. The molecule has 0 radical (unpaired) electrons. The molecule has 82 valence electrons. The number of carbonyl (C=O) groups excluding carboxylic acids is 1. The van der Waals surface area contributed by atoms with Crippen molar-refractivity contribution in [2.45, 2.75) is 19.8 Å². The number of amides is 2. The molecule has 0 aromatic heterocycles. The Morgan fingerprint density at radius 1 is 1.50 bits per heavy atom. The van der Waals surface area contributed by atoms with Gasteiger partial charge in [0.2, 0.25) is 0 Å². The second-order valence-corrected chi connectivity index (χ2v) is 4.35. The third kappa shape index (κ3) is 2.80. The highest BCUT2D eigenvalue weighted by Gasteiger charge is 2.26. The normalized spacial score (nSPS) is 19.2. The van der Waals surface area contributed by atoms with Gasteiger partial charge in [-0.1, -0.05) is 13.3 Å². The van der Waals surface area contributed by atoms with Crippen LogP contribution in [0.2, 0.25) is 0 Å². The lowest BCUT2D eigenvalue weighted by molar-refractivity contribution is 0.192. The van der Waals surface area contributed by atoms with Crippen LogP contribution in [0.5, 0.6) is 0 Å². The van der Waals surface area contributed by atoms with Crippen LogP contribution >= 0.6 is 12.6 Å². The van der Waals surface area contributed by atoms with E-state index in [-0.39, 0.29) is 6.03 Å². The van der Waals surface area contributed by atoms with Gasteiger partial charge in [0, 0.05) is 26.7 Å². The van der Waals surface area contributed by atoms with Gasteiger partial charge in [0.15, 0.2) is 0 Å². The molecule has 0 bridgehead atoms. The summed E-state index contributed by atoms with van der Waals surface area (Å²) in [6, 6.07) is 0.174. The quantitative estimate of drug-likeness (QED) is 0.695. The lowest BCUT2D eigenvalue weighted by Gasteiger charge is -2.21. The minimum atomic E-state index is 0.174. The van der Waals surface area contributed by atoms with Crippen LogP contribution in [0.3, 0.4) is 0 Å². The van der Waals surface area contributed by atoms with Crippen LogP contribution in [0, 0.1) is 5.92 Å². The van der Waals surface area contributed by atoms with Crippen LogP contribution in [0.25, 0.3) is 0 Å². The second-order valence-electron chi connectivity index (χ2n) is 3.99. The van der Waals surface area contributed by atoms with Crippen LogP contribution in [0.4, 0.5) is 4.79 Å². The van der Waals surface area contributed by atoms with Gasteiger partial charge in [0.1, 0.15) is 0 Å². The number of nitrogens with zero attached hydrogens (tertiary/aromatic N) is 2. The minimum Gasteiger partial charge on any atom is -0.326 e. The molecule has 0 N–H and O–H groups in total. The van der Waals surface area contributed by atoms with E-state index >= 15 is 0 Å². The summed E-state index contributed by atoms with van der Waals surface area (Å²) in [4.78, 5) is 15.3. The Labute approximate surface area is 91.9 Å². The van der Waals surface area contributed by atoms with E-state index in [0.717, 1.165) is 31.8 Å². The zero-order chi connectivity index (χ0) is 10.6. The first-order chi connectivity index (χ1) is 6.69. The van der Waals surface area contributed by atoms with E-state index in [1.165, 1.54) is 6.42 Å². The van der Waals surface area contributed by atoms with Gasteiger partial charge in [0.25, 0.3) is 0 Å². The fourth-order valence-electron chi connectivity index (χ4n) is 1.83. The molecule has 1 heterocycles. The smallest absolute Gasteiger partial charge is 0.319 e. The molecule has 0 aromatic carbocycles. The van der Waals surface area contributed by atoms with Crippen LogP contribution in [-0.4, -0.2) is 48.3 Å². The first kappa shape index (κ1) is 11.7. The van der Waals surface area contributed by atoms with Gasteiger partial charge in [-0.15, -0.1) is 0 Å². The molecule has 1 atom stereocenters. The third-order valence-corrected chi connectivity index (χ3v) is 3.25. The fraction of sp³-hybridized carbons (Fsp3) is 0.900. The van der Waals surface area contributed by atoms with E-state index in [1.807, 2.05) is 11.9 Å². The summed E-state index contributed by atoms with van der Waals surface area (Å²) in [6.07, 6.45) is 2.33. The van der Waals surface area contributed by atoms with Gasteiger partial charge in [-0.2, -0.15) is 12.6 Å². The molecule has 3 nitrogen and oxygen atoms in total. The highest BCUT2D eigenvalue weighted by Crippen LogP contribution is 2.14. The van der Waals surface area contributed by atoms with Gasteiger partial charge in [0.05, 0.1) is 0 Å². The molecule has 0 aliphatic carbocycles. The fourth-order valence-corrected chi connectivity index (χ4v) is 2.13. The van der Waals surface area contributed by atoms with Crippen LogP contribution < -0.4 is 0 Å².